The van der Waals surface area contributed by atoms with Crippen molar-refractivity contribution in [2.45, 2.75) is 38.7 Å². The van der Waals surface area contributed by atoms with E-state index >= 15 is 0 Å². The number of carbonyl (C=O) groups is 1. The number of aliphatic hydroxyl groups is 1. The summed E-state index contributed by atoms with van der Waals surface area (Å²) in [5, 5.41) is 21.5. The van der Waals surface area contributed by atoms with Crippen LogP contribution in [-0.2, 0) is 4.79 Å². The minimum absolute atomic E-state index is 0.0403. The molecule has 188 valence electrons. The third kappa shape index (κ3) is 6.63. The number of rotatable bonds is 8. The van der Waals surface area contributed by atoms with E-state index in [0.29, 0.717) is 19.5 Å². The fourth-order valence-corrected chi connectivity index (χ4v) is 5.20. The van der Waals surface area contributed by atoms with Gasteiger partial charge in [0.1, 0.15) is 5.75 Å². The van der Waals surface area contributed by atoms with E-state index in [4.69, 9.17) is 4.74 Å². The first-order valence-electron chi connectivity index (χ1n) is 12.5. The number of aryl methyl sites for hydroxylation is 1. The van der Waals surface area contributed by atoms with E-state index in [-0.39, 0.29) is 18.3 Å². The molecule has 0 aliphatic carbocycles. The Morgan fingerprint density at radius 1 is 1.22 bits per heavy atom. The molecule has 1 aromatic heterocycles. The van der Waals surface area contributed by atoms with Crippen molar-refractivity contribution in [1.29, 1.82) is 0 Å². The van der Waals surface area contributed by atoms with E-state index in [1.54, 1.807) is 13.3 Å². The molecule has 0 bridgehead atoms. The van der Waals surface area contributed by atoms with Crippen molar-refractivity contribution in [3.63, 3.8) is 0 Å². The molecule has 2 N–H and O–H groups in total. The van der Waals surface area contributed by atoms with Gasteiger partial charge in [0.25, 0.3) is 0 Å². The van der Waals surface area contributed by atoms with Crippen molar-refractivity contribution >= 4 is 16.9 Å². The molecule has 1 unspecified atom stereocenters. The Kier molecular flexibility index (Phi) is 8.58. The first-order chi connectivity index (χ1) is 17.4. The summed E-state index contributed by atoms with van der Waals surface area (Å²) >= 11 is 0. The second-order valence-electron chi connectivity index (χ2n) is 9.69. The van der Waals surface area contributed by atoms with E-state index < -0.39 is 12.1 Å². The van der Waals surface area contributed by atoms with Gasteiger partial charge in [-0.2, -0.15) is 0 Å². The van der Waals surface area contributed by atoms with E-state index in [1.165, 1.54) is 5.56 Å². The molecular formula is C30H34N2O4. The van der Waals surface area contributed by atoms with Crippen molar-refractivity contribution in [3.8, 4) is 17.6 Å². The fraction of sp³-hybridized carbons (Fsp3) is 0.400. The molecule has 1 aliphatic heterocycles. The molecule has 1 aliphatic rings. The lowest BCUT2D eigenvalue weighted by Crippen LogP contribution is -2.41. The van der Waals surface area contributed by atoms with Gasteiger partial charge in [-0.1, -0.05) is 24.0 Å². The van der Waals surface area contributed by atoms with Gasteiger partial charge in [-0.05, 0) is 92.1 Å². The lowest BCUT2D eigenvalue weighted by Gasteiger charge is -2.37. The van der Waals surface area contributed by atoms with Crippen LogP contribution in [0.2, 0.25) is 0 Å². The molecule has 1 fully saturated rings. The summed E-state index contributed by atoms with van der Waals surface area (Å²) in [6, 6.07) is 15.7. The summed E-state index contributed by atoms with van der Waals surface area (Å²) in [4.78, 5) is 18.3. The Labute approximate surface area is 212 Å². The molecule has 1 saturated heterocycles. The van der Waals surface area contributed by atoms with Crippen LogP contribution < -0.4 is 4.74 Å². The average molecular weight is 487 g/mol. The zero-order valence-corrected chi connectivity index (χ0v) is 21.0. The number of aromatic nitrogens is 1. The van der Waals surface area contributed by atoms with Crippen LogP contribution in [0.15, 0.2) is 54.7 Å². The zero-order chi connectivity index (χ0) is 25.5. The standard InChI is InChI=1S/C30H34N2O4/c1-21-5-3-6-22(17-21)7-4-15-32-16-13-23(24(20-32)18-30(34)35)8-11-29(33)26-12-14-31-28-10-9-25(36-2)19-27(26)28/h3,5-6,9-10,12,14,17,19,23-24,29,33H,8,11,13,15-16,18,20H2,1-2H3,(H,34,35)/t23-,24+,29?/m1/s1. The summed E-state index contributed by atoms with van der Waals surface area (Å²) in [6.07, 6.45) is 3.46. The topological polar surface area (TPSA) is 82.9 Å². The Morgan fingerprint density at radius 2 is 2.08 bits per heavy atom. The van der Waals surface area contributed by atoms with Crippen molar-refractivity contribution in [2.24, 2.45) is 11.8 Å². The zero-order valence-electron chi connectivity index (χ0n) is 21.0. The quantitative estimate of drug-likeness (QED) is 0.444. The number of piperidine rings is 1. The number of hydrogen-bond acceptors (Lipinski definition) is 5. The highest BCUT2D eigenvalue weighted by atomic mass is 16.5. The summed E-state index contributed by atoms with van der Waals surface area (Å²) in [5.41, 5.74) is 3.83. The second-order valence-corrected chi connectivity index (χ2v) is 9.69. The number of ether oxygens (including phenoxy) is 1. The predicted octanol–water partition coefficient (Wildman–Crippen LogP) is 4.83. The van der Waals surface area contributed by atoms with Crippen molar-refractivity contribution in [1.82, 2.24) is 9.88 Å². The minimum atomic E-state index is -0.773. The predicted molar refractivity (Wildman–Crippen MR) is 141 cm³/mol. The molecule has 3 aromatic rings. The van der Waals surface area contributed by atoms with Gasteiger partial charge in [-0.3, -0.25) is 14.7 Å². The monoisotopic (exact) mass is 486 g/mol. The molecule has 0 saturated carbocycles. The molecule has 0 amide bonds. The first kappa shape index (κ1) is 25.7. The highest BCUT2D eigenvalue weighted by Gasteiger charge is 2.31. The molecule has 0 radical (unpaired) electrons. The smallest absolute Gasteiger partial charge is 0.303 e. The third-order valence-electron chi connectivity index (χ3n) is 7.12. The molecule has 2 heterocycles. The Balaban J connectivity index is 1.39. The summed E-state index contributed by atoms with van der Waals surface area (Å²) in [7, 11) is 1.62. The van der Waals surface area contributed by atoms with Gasteiger partial charge >= 0.3 is 5.97 Å². The Morgan fingerprint density at radius 3 is 2.86 bits per heavy atom. The number of carboxylic acids is 1. The number of carboxylic acid groups (broad SMARTS) is 1. The molecule has 6 nitrogen and oxygen atoms in total. The van der Waals surface area contributed by atoms with E-state index in [0.717, 1.165) is 47.2 Å². The van der Waals surface area contributed by atoms with Gasteiger partial charge in [0, 0.05) is 30.1 Å². The Bertz CT molecular complexity index is 1260. The highest BCUT2D eigenvalue weighted by molar-refractivity contribution is 5.83. The Hall–Kier alpha value is -3.40. The van der Waals surface area contributed by atoms with Crippen LogP contribution in [0.25, 0.3) is 10.9 Å². The third-order valence-corrected chi connectivity index (χ3v) is 7.12. The lowest BCUT2D eigenvalue weighted by molar-refractivity contribution is -0.139. The maximum Gasteiger partial charge on any atom is 0.303 e. The second kappa shape index (κ2) is 12.0. The number of nitrogens with zero attached hydrogens (tertiary/aromatic N) is 2. The SMILES string of the molecule is COc1ccc2nccc(C(O)CC[C@@H]3CCN(CC#Cc4cccc(C)c4)C[C@@H]3CC(=O)O)c2c1. The highest BCUT2D eigenvalue weighted by Crippen LogP contribution is 2.34. The van der Waals surface area contributed by atoms with Crippen LogP contribution in [0, 0.1) is 30.6 Å². The number of benzene rings is 2. The maximum atomic E-state index is 11.6. The fourth-order valence-electron chi connectivity index (χ4n) is 5.20. The number of aliphatic carboxylic acids is 1. The first-order valence-corrected chi connectivity index (χ1v) is 12.5. The van der Waals surface area contributed by atoms with Gasteiger partial charge in [0.15, 0.2) is 0 Å². The molecule has 0 spiro atoms. The average Bonchev–Trinajstić information content (AvgIpc) is 2.87. The lowest BCUT2D eigenvalue weighted by atomic mass is 9.79. The molecule has 4 rings (SSSR count). The molecule has 36 heavy (non-hydrogen) atoms. The number of hydrogen-bond donors (Lipinski definition) is 2. The number of fused-ring (bicyclic) bond motifs is 1. The summed E-state index contributed by atoms with van der Waals surface area (Å²) in [5.74, 6) is 6.73. The molecule has 6 heteroatoms. The van der Waals surface area contributed by atoms with Gasteiger partial charge in [0.05, 0.1) is 25.3 Å². The van der Waals surface area contributed by atoms with Gasteiger partial charge < -0.3 is 14.9 Å². The maximum absolute atomic E-state index is 11.6. The van der Waals surface area contributed by atoms with Gasteiger partial charge in [-0.25, -0.2) is 0 Å². The van der Waals surface area contributed by atoms with E-state index in [9.17, 15) is 15.0 Å². The number of likely N-dealkylation sites (tertiary alicyclic amines) is 1. The van der Waals surface area contributed by atoms with Crippen LogP contribution in [0.5, 0.6) is 5.75 Å². The normalized spacial score (nSPS) is 18.9. The molecule has 2 aromatic carbocycles. The molecular weight excluding hydrogens is 452 g/mol. The van der Waals surface area contributed by atoms with Crippen LogP contribution >= 0.6 is 0 Å². The van der Waals surface area contributed by atoms with E-state index in [2.05, 4.69) is 40.8 Å². The number of pyridine rings is 1. The molecule has 3 atom stereocenters. The van der Waals surface area contributed by atoms with Crippen molar-refractivity contribution in [3.05, 3.63) is 71.4 Å². The summed E-state index contributed by atoms with van der Waals surface area (Å²) in [6.45, 7) is 4.28. The van der Waals surface area contributed by atoms with Crippen LogP contribution in [0.1, 0.15) is 48.5 Å². The number of aliphatic hydroxyl groups excluding tert-OH is 1. The van der Waals surface area contributed by atoms with Crippen molar-refractivity contribution in [2.75, 3.05) is 26.7 Å². The minimum Gasteiger partial charge on any atom is -0.497 e. The number of methoxy groups -OCH3 is 1. The van der Waals surface area contributed by atoms with E-state index in [1.807, 2.05) is 36.4 Å². The largest absolute Gasteiger partial charge is 0.497 e. The van der Waals surface area contributed by atoms with Crippen LogP contribution in [0.4, 0.5) is 0 Å². The van der Waals surface area contributed by atoms with Crippen LogP contribution in [-0.4, -0.2) is 52.8 Å². The van der Waals surface area contributed by atoms with Crippen LogP contribution in [0.3, 0.4) is 0 Å². The van der Waals surface area contributed by atoms with Gasteiger partial charge in [-0.15, -0.1) is 0 Å². The van der Waals surface area contributed by atoms with Crippen molar-refractivity contribution < 1.29 is 19.7 Å². The summed E-state index contributed by atoms with van der Waals surface area (Å²) < 4.78 is 5.35. The van der Waals surface area contributed by atoms with Gasteiger partial charge in [0.2, 0.25) is 0 Å².